The van der Waals surface area contributed by atoms with Gasteiger partial charge in [0.15, 0.2) is 11.9 Å². The van der Waals surface area contributed by atoms with Crippen molar-refractivity contribution in [2.45, 2.75) is 96.7 Å². The molecule has 2 rings (SSSR count). The van der Waals surface area contributed by atoms with Crippen LogP contribution in [0.2, 0.25) is 0 Å². The quantitative estimate of drug-likeness (QED) is 0.180. The Kier molecular flexibility index (Phi) is 13.4. The predicted octanol–water partition coefficient (Wildman–Crippen LogP) is 3.52. The van der Waals surface area contributed by atoms with Gasteiger partial charge in [-0.05, 0) is 39.2 Å². The van der Waals surface area contributed by atoms with Crippen molar-refractivity contribution in [3.8, 4) is 0 Å². The molecule has 1 unspecified atom stereocenters. The summed E-state index contributed by atoms with van der Waals surface area (Å²) in [6.07, 6.45) is 0.757. The molecule has 2 bridgehead atoms. The zero-order valence-corrected chi connectivity index (χ0v) is 24.4. The van der Waals surface area contributed by atoms with Crippen LogP contribution in [0.15, 0.2) is 46.7 Å². The lowest BCUT2D eigenvalue weighted by atomic mass is 10.0. The van der Waals surface area contributed by atoms with E-state index in [-0.39, 0.29) is 49.1 Å². The van der Waals surface area contributed by atoms with E-state index in [2.05, 4.69) is 6.58 Å². The van der Waals surface area contributed by atoms with Crippen molar-refractivity contribution in [1.82, 2.24) is 0 Å². The number of allylic oxidation sites excluding steroid dienone is 3. The molecule has 0 aliphatic carbocycles. The Morgan fingerprint density at radius 3 is 2.51 bits per heavy atom. The molecule has 5 atom stereocenters. The normalized spacial score (nSPS) is 27.1. The van der Waals surface area contributed by atoms with Gasteiger partial charge in [0.05, 0.1) is 18.9 Å². The first kappa shape index (κ1) is 33.9. The van der Waals surface area contributed by atoms with E-state index < -0.39 is 54.7 Å². The van der Waals surface area contributed by atoms with Crippen molar-refractivity contribution in [2.24, 2.45) is 0 Å². The van der Waals surface area contributed by atoms with E-state index in [0.717, 1.165) is 6.92 Å². The number of ketones is 1. The number of carbonyl (C=O) groups excluding carboxylic acids is 5. The van der Waals surface area contributed by atoms with E-state index in [1.54, 1.807) is 13.0 Å². The number of aliphatic hydroxyl groups is 1. The SMILES string of the molecule is C=C(COC(=O)C/C(C)=C/[C@@H](O)[C@H]1O[C@@H]2CC/C(Cl)=C\C/C=C(/OC(C)=O)C(OC(C)=O)CC(=O)O[C@@H]1C2)C(C)=O. The minimum atomic E-state index is -1.25. The number of ether oxygens (including phenoxy) is 5. The molecular weight excluding hydrogens is 560 g/mol. The van der Waals surface area contributed by atoms with Crippen LogP contribution in [0.25, 0.3) is 0 Å². The van der Waals surface area contributed by atoms with Crippen molar-refractivity contribution in [3.05, 3.63) is 46.7 Å². The van der Waals surface area contributed by atoms with Crippen LogP contribution in [0.1, 0.15) is 66.2 Å². The van der Waals surface area contributed by atoms with E-state index in [1.165, 1.54) is 26.0 Å². The molecule has 226 valence electrons. The molecule has 0 amide bonds. The van der Waals surface area contributed by atoms with E-state index in [0.29, 0.717) is 23.4 Å². The zero-order chi connectivity index (χ0) is 30.7. The Morgan fingerprint density at radius 2 is 1.88 bits per heavy atom. The molecule has 0 aromatic carbocycles. The van der Waals surface area contributed by atoms with Crippen molar-refractivity contribution < 1.29 is 52.8 Å². The first-order valence-electron chi connectivity index (χ1n) is 13.2. The van der Waals surface area contributed by atoms with Gasteiger partial charge in [0.1, 0.15) is 30.7 Å². The Bertz CT molecular complexity index is 1120. The monoisotopic (exact) mass is 596 g/mol. The molecule has 0 aromatic rings. The molecule has 2 aliphatic rings. The van der Waals surface area contributed by atoms with Gasteiger partial charge in [-0.2, -0.15) is 0 Å². The van der Waals surface area contributed by atoms with E-state index in [1.807, 2.05) is 0 Å². The fourth-order valence-electron chi connectivity index (χ4n) is 4.23. The molecule has 2 heterocycles. The van der Waals surface area contributed by atoms with Gasteiger partial charge in [-0.15, -0.1) is 0 Å². The maximum atomic E-state index is 13.0. The lowest BCUT2D eigenvalue weighted by Crippen LogP contribution is -2.37. The minimum absolute atomic E-state index is 0.0307. The highest BCUT2D eigenvalue weighted by Gasteiger charge is 2.42. The second-order valence-electron chi connectivity index (χ2n) is 9.92. The Balaban J connectivity index is 2.22. The number of aliphatic hydroxyl groups excluding tert-OH is 1. The maximum Gasteiger partial charge on any atom is 0.310 e. The Hall–Kier alpha value is -3.28. The molecule has 0 radical (unpaired) electrons. The van der Waals surface area contributed by atoms with Gasteiger partial charge in [0.25, 0.3) is 0 Å². The summed E-state index contributed by atoms with van der Waals surface area (Å²) in [5, 5.41) is 11.5. The number of hydrogen-bond donors (Lipinski definition) is 1. The number of halogens is 1. The first-order chi connectivity index (χ1) is 19.2. The van der Waals surface area contributed by atoms with Crippen molar-refractivity contribution >= 4 is 41.3 Å². The fourth-order valence-corrected chi connectivity index (χ4v) is 4.43. The predicted molar refractivity (Wildman–Crippen MR) is 146 cm³/mol. The second kappa shape index (κ2) is 16.2. The third-order valence-electron chi connectivity index (χ3n) is 6.22. The Labute approximate surface area is 244 Å². The van der Waals surface area contributed by atoms with E-state index in [9.17, 15) is 29.1 Å². The van der Waals surface area contributed by atoms with Crippen LogP contribution in [0, 0.1) is 0 Å². The van der Waals surface area contributed by atoms with Gasteiger partial charge >= 0.3 is 23.9 Å². The summed E-state index contributed by atoms with van der Waals surface area (Å²) in [6, 6.07) is 0. The van der Waals surface area contributed by atoms with Crippen LogP contribution in [0.3, 0.4) is 0 Å². The average molecular weight is 597 g/mol. The molecule has 1 N–H and O–H groups in total. The van der Waals surface area contributed by atoms with Crippen molar-refractivity contribution in [1.29, 1.82) is 0 Å². The molecule has 0 spiro atoms. The van der Waals surface area contributed by atoms with Crippen molar-refractivity contribution in [2.75, 3.05) is 6.61 Å². The third kappa shape index (κ3) is 12.0. The van der Waals surface area contributed by atoms with Gasteiger partial charge in [0, 0.05) is 30.9 Å². The lowest BCUT2D eigenvalue weighted by Gasteiger charge is -2.24. The molecule has 1 fully saturated rings. The number of hydrogen-bond acceptors (Lipinski definition) is 11. The van der Waals surface area contributed by atoms with Crippen molar-refractivity contribution in [3.63, 3.8) is 0 Å². The molecule has 0 saturated carbocycles. The van der Waals surface area contributed by atoms with Gasteiger partial charge in [-0.3, -0.25) is 24.0 Å². The second-order valence-corrected chi connectivity index (χ2v) is 10.4. The molecule has 1 saturated heterocycles. The highest BCUT2D eigenvalue weighted by Crippen LogP contribution is 2.32. The molecule has 0 aromatic heterocycles. The summed E-state index contributed by atoms with van der Waals surface area (Å²) < 4.78 is 27.2. The standard InChI is InChI=1S/C29H37ClO11/c1-16(12-27(35)37-15-17(2)18(3)31)11-23(34)29-26-13-22(40-29)10-9-21(30)7-6-8-24(38-19(4)32)25(39-20(5)33)14-28(36)41-26/h7-8,11,22-23,25-26,29,34H,2,6,9-10,12-15H2,1,3-5H3/b16-11+,21-7+,24-8+/t22-,23-,25?,26-,29-/m1/s1. The molecule has 41 heavy (non-hydrogen) atoms. The summed E-state index contributed by atoms with van der Waals surface area (Å²) in [6.45, 7) is 8.58. The van der Waals surface area contributed by atoms with Crippen LogP contribution in [0.4, 0.5) is 0 Å². The van der Waals surface area contributed by atoms with Gasteiger partial charge in [0.2, 0.25) is 0 Å². The fraction of sp³-hybridized carbons (Fsp3) is 0.552. The molecule has 11 nitrogen and oxygen atoms in total. The van der Waals surface area contributed by atoms with Gasteiger partial charge < -0.3 is 28.8 Å². The summed E-state index contributed by atoms with van der Waals surface area (Å²) in [5.41, 5.74) is 0.628. The average Bonchev–Trinajstić information content (AvgIpc) is 3.26. The lowest BCUT2D eigenvalue weighted by molar-refractivity contribution is -0.162. The number of esters is 4. The van der Waals surface area contributed by atoms with Crippen LogP contribution < -0.4 is 0 Å². The number of fused-ring (bicyclic) bond motifs is 2. The van der Waals surface area contributed by atoms with E-state index >= 15 is 0 Å². The number of Topliss-reactive ketones (excluding diaryl/α,β-unsaturated/α-hetero) is 1. The molecule has 12 heteroatoms. The van der Waals surface area contributed by atoms with Crippen LogP contribution in [0.5, 0.6) is 0 Å². The van der Waals surface area contributed by atoms with Gasteiger partial charge in [-0.25, -0.2) is 0 Å². The highest BCUT2D eigenvalue weighted by atomic mass is 35.5. The smallest absolute Gasteiger partial charge is 0.310 e. The van der Waals surface area contributed by atoms with Crippen LogP contribution in [-0.4, -0.2) is 71.9 Å². The summed E-state index contributed by atoms with van der Waals surface area (Å²) >= 11 is 6.37. The maximum absolute atomic E-state index is 13.0. The van der Waals surface area contributed by atoms with E-state index in [4.69, 9.17) is 35.3 Å². The van der Waals surface area contributed by atoms with Gasteiger partial charge in [-0.1, -0.05) is 35.9 Å². The van der Waals surface area contributed by atoms with Crippen LogP contribution >= 0.6 is 11.6 Å². The Morgan fingerprint density at radius 1 is 1.17 bits per heavy atom. The summed E-state index contributed by atoms with van der Waals surface area (Å²) in [7, 11) is 0. The topological polar surface area (TPSA) is 152 Å². The number of rotatable bonds is 9. The minimum Gasteiger partial charge on any atom is -0.460 e. The summed E-state index contributed by atoms with van der Waals surface area (Å²) in [5.74, 6) is -3.05. The highest BCUT2D eigenvalue weighted by molar-refractivity contribution is 6.29. The number of carbonyl (C=O) groups is 5. The molecular formula is C29H37ClO11. The molecule has 2 aliphatic heterocycles. The zero-order valence-electron chi connectivity index (χ0n) is 23.7. The summed E-state index contributed by atoms with van der Waals surface area (Å²) in [4.78, 5) is 59.8. The largest absolute Gasteiger partial charge is 0.460 e. The third-order valence-corrected chi connectivity index (χ3v) is 6.56. The van der Waals surface area contributed by atoms with Crippen LogP contribution in [-0.2, 0) is 47.7 Å². The first-order valence-corrected chi connectivity index (χ1v) is 13.6.